The number of benzene rings is 1. The molecule has 0 radical (unpaired) electrons. The van der Waals surface area contributed by atoms with E-state index >= 15 is 0 Å². The van der Waals surface area contributed by atoms with Crippen LogP contribution in [0.2, 0.25) is 0 Å². The molecular weight excluding hydrogens is 424 g/mol. The van der Waals surface area contributed by atoms with Gasteiger partial charge >= 0.3 is 0 Å². The first-order valence-electron chi connectivity index (χ1n) is 9.72. The number of anilines is 1. The highest BCUT2D eigenvalue weighted by atomic mass is 32.2. The highest BCUT2D eigenvalue weighted by Crippen LogP contribution is 2.52. The number of hydrogen-bond acceptors (Lipinski definition) is 5. The van der Waals surface area contributed by atoms with Gasteiger partial charge in [0.1, 0.15) is 10.7 Å². The number of pyridine rings is 1. The van der Waals surface area contributed by atoms with Crippen LogP contribution in [0, 0.1) is 17.1 Å². The maximum Gasteiger partial charge on any atom is 0.274 e. The van der Waals surface area contributed by atoms with Gasteiger partial charge in [0.15, 0.2) is 0 Å². The van der Waals surface area contributed by atoms with Crippen molar-refractivity contribution in [1.29, 1.82) is 4.78 Å². The number of rotatable bonds is 5. The van der Waals surface area contributed by atoms with Gasteiger partial charge in [0.05, 0.1) is 15.2 Å². The van der Waals surface area contributed by atoms with E-state index in [0.29, 0.717) is 16.6 Å². The summed E-state index contributed by atoms with van der Waals surface area (Å²) >= 11 is 0. The number of carbonyl (C=O) groups is 1. The number of carbonyl (C=O) groups excluding carboxylic acids is 1. The van der Waals surface area contributed by atoms with Gasteiger partial charge in [-0.15, -0.1) is 0 Å². The highest BCUT2D eigenvalue weighted by Gasteiger charge is 2.54. The van der Waals surface area contributed by atoms with Gasteiger partial charge in [-0.25, -0.2) is 22.8 Å². The Bertz CT molecular complexity index is 1290. The Morgan fingerprint density at radius 2 is 2.03 bits per heavy atom. The van der Waals surface area contributed by atoms with Crippen molar-refractivity contribution >= 4 is 32.2 Å². The standard InChI is InChI=1S/C21H23F2N5O2S/c1-13-5-4-6-15-17(13)27-28(12-20(2)10-21(22,23)11-20)18(15)19(29)26-14-7-8-25-16(9-14)31(3,24)30/h4-9,24H,10-12H2,1-3H3,(H,25,26,29). The molecule has 0 saturated heterocycles. The first-order valence-corrected chi connectivity index (χ1v) is 11.7. The van der Waals surface area contributed by atoms with Gasteiger partial charge in [-0.05, 0) is 30.0 Å². The summed E-state index contributed by atoms with van der Waals surface area (Å²) in [5.74, 6) is -3.15. The van der Waals surface area contributed by atoms with E-state index in [1.54, 1.807) is 13.0 Å². The monoisotopic (exact) mass is 447 g/mol. The van der Waals surface area contributed by atoms with Crippen LogP contribution in [0.1, 0.15) is 35.8 Å². The number of hydrogen-bond donors (Lipinski definition) is 2. The molecule has 1 atom stereocenters. The van der Waals surface area contributed by atoms with Crippen molar-refractivity contribution < 1.29 is 17.8 Å². The smallest absolute Gasteiger partial charge is 0.274 e. The van der Waals surface area contributed by atoms with Gasteiger partial charge in [-0.1, -0.05) is 25.1 Å². The number of aryl methyl sites for hydroxylation is 1. The maximum atomic E-state index is 13.5. The molecule has 2 heterocycles. The normalized spacial score (nSPS) is 18.9. The SMILES string of the molecule is Cc1cccc2c(C(=O)Nc3ccnc(S(C)(=N)=O)c3)n(CC3(C)CC(F)(F)C3)nc12. The Labute approximate surface area is 178 Å². The van der Waals surface area contributed by atoms with Crippen molar-refractivity contribution in [3.63, 3.8) is 0 Å². The molecule has 0 aliphatic heterocycles. The van der Waals surface area contributed by atoms with Crippen molar-refractivity contribution in [2.75, 3.05) is 11.6 Å². The summed E-state index contributed by atoms with van der Waals surface area (Å²) in [6, 6.07) is 8.40. The molecule has 1 amide bonds. The molecule has 1 saturated carbocycles. The summed E-state index contributed by atoms with van der Waals surface area (Å²) in [6.45, 7) is 3.84. The molecule has 2 N–H and O–H groups in total. The van der Waals surface area contributed by atoms with Gasteiger partial charge in [0.2, 0.25) is 5.92 Å². The van der Waals surface area contributed by atoms with E-state index in [2.05, 4.69) is 15.4 Å². The highest BCUT2D eigenvalue weighted by molar-refractivity contribution is 7.91. The van der Waals surface area contributed by atoms with Crippen LogP contribution in [0.25, 0.3) is 10.9 Å². The van der Waals surface area contributed by atoms with Gasteiger partial charge in [-0.2, -0.15) is 5.10 Å². The molecule has 164 valence electrons. The summed E-state index contributed by atoms with van der Waals surface area (Å²) in [7, 11) is -3.05. The van der Waals surface area contributed by atoms with Crippen molar-refractivity contribution in [3.8, 4) is 0 Å². The third kappa shape index (κ3) is 4.16. The van der Waals surface area contributed by atoms with Crippen molar-refractivity contribution in [1.82, 2.24) is 14.8 Å². The minimum absolute atomic E-state index is 0.0590. The molecule has 4 rings (SSSR count). The summed E-state index contributed by atoms with van der Waals surface area (Å²) in [5, 5.41) is 8.00. The lowest BCUT2D eigenvalue weighted by Crippen LogP contribution is -2.47. The maximum absolute atomic E-state index is 13.5. The second-order valence-corrected chi connectivity index (χ2v) is 10.8. The molecule has 0 bridgehead atoms. The fourth-order valence-electron chi connectivity index (χ4n) is 4.21. The van der Waals surface area contributed by atoms with Crippen molar-refractivity contribution in [2.45, 2.75) is 44.2 Å². The van der Waals surface area contributed by atoms with Crippen LogP contribution < -0.4 is 5.32 Å². The number of nitrogens with one attached hydrogen (secondary N) is 2. The Morgan fingerprint density at radius 3 is 2.68 bits per heavy atom. The first kappa shape index (κ1) is 21.4. The molecule has 1 aliphatic rings. The van der Waals surface area contributed by atoms with Crippen molar-refractivity contribution in [3.05, 3.63) is 47.8 Å². The Morgan fingerprint density at radius 1 is 1.32 bits per heavy atom. The van der Waals surface area contributed by atoms with E-state index in [1.165, 1.54) is 29.3 Å². The topological polar surface area (TPSA) is 101 Å². The first-order chi connectivity index (χ1) is 14.4. The van der Waals surface area contributed by atoms with Gasteiger partial charge < -0.3 is 5.32 Å². The molecule has 0 spiro atoms. The zero-order chi connectivity index (χ0) is 22.6. The van der Waals surface area contributed by atoms with E-state index in [0.717, 1.165) is 5.56 Å². The lowest BCUT2D eigenvalue weighted by molar-refractivity contribution is -0.159. The Balaban J connectivity index is 1.72. The summed E-state index contributed by atoms with van der Waals surface area (Å²) in [5.41, 5.74) is 1.47. The molecule has 1 aliphatic carbocycles. The molecule has 1 aromatic carbocycles. The lowest BCUT2D eigenvalue weighted by Gasteiger charge is -2.44. The van der Waals surface area contributed by atoms with Crippen LogP contribution in [0.15, 0.2) is 41.6 Å². The number of nitrogens with zero attached hydrogens (tertiary/aromatic N) is 3. The molecule has 3 aromatic rings. The zero-order valence-electron chi connectivity index (χ0n) is 17.4. The fraction of sp³-hybridized carbons (Fsp3) is 0.381. The van der Waals surface area contributed by atoms with Crippen molar-refractivity contribution in [2.24, 2.45) is 5.41 Å². The van der Waals surface area contributed by atoms with E-state index in [9.17, 15) is 17.8 Å². The number of halogens is 2. The third-order valence-corrected chi connectivity index (χ3v) is 6.50. The molecule has 7 nitrogen and oxygen atoms in total. The van der Waals surface area contributed by atoms with Gasteiger partial charge in [0, 0.05) is 42.9 Å². The minimum Gasteiger partial charge on any atom is -0.320 e. The number of fused-ring (bicyclic) bond motifs is 1. The van der Waals surface area contributed by atoms with E-state index in [1.807, 2.05) is 19.1 Å². The van der Waals surface area contributed by atoms with Crippen LogP contribution in [-0.2, 0) is 16.3 Å². The summed E-state index contributed by atoms with van der Waals surface area (Å²) < 4.78 is 48.3. The third-order valence-electron chi connectivity index (χ3n) is 5.48. The number of aromatic nitrogens is 3. The largest absolute Gasteiger partial charge is 0.320 e. The average Bonchev–Trinajstić information content (AvgIpc) is 2.98. The molecule has 1 fully saturated rings. The predicted molar refractivity (Wildman–Crippen MR) is 114 cm³/mol. The second-order valence-electron chi connectivity index (χ2n) is 8.68. The Hall–Kier alpha value is -2.88. The summed E-state index contributed by atoms with van der Waals surface area (Å²) in [4.78, 5) is 17.2. The number of amides is 1. The molecule has 1 unspecified atom stereocenters. The molecular formula is C21H23F2N5O2S. The number of alkyl halides is 2. The predicted octanol–water partition coefficient (Wildman–Crippen LogP) is 4.46. The van der Waals surface area contributed by atoms with Gasteiger partial charge in [0.25, 0.3) is 5.91 Å². The van der Waals surface area contributed by atoms with Crippen LogP contribution in [0.4, 0.5) is 14.5 Å². The molecule has 10 heteroatoms. The molecule has 2 aromatic heterocycles. The Kier molecular flexibility index (Phi) is 4.88. The fourth-order valence-corrected chi connectivity index (χ4v) is 4.82. The van der Waals surface area contributed by atoms with Crippen LogP contribution in [-0.4, -0.2) is 37.1 Å². The zero-order valence-corrected chi connectivity index (χ0v) is 18.2. The molecule has 31 heavy (non-hydrogen) atoms. The quantitative estimate of drug-likeness (QED) is 0.603. The van der Waals surface area contributed by atoms with Crippen LogP contribution >= 0.6 is 0 Å². The van der Waals surface area contributed by atoms with Gasteiger partial charge in [-0.3, -0.25) is 9.48 Å². The van der Waals surface area contributed by atoms with E-state index < -0.39 is 27.0 Å². The summed E-state index contributed by atoms with van der Waals surface area (Å²) in [6.07, 6.45) is 2.12. The minimum atomic E-state index is -3.05. The second kappa shape index (κ2) is 7.08. The van der Waals surface area contributed by atoms with E-state index in [4.69, 9.17) is 4.78 Å². The van der Waals surface area contributed by atoms with Crippen LogP contribution in [0.3, 0.4) is 0 Å². The van der Waals surface area contributed by atoms with E-state index in [-0.39, 0.29) is 30.1 Å². The average molecular weight is 448 g/mol. The lowest BCUT2D eigenvalue weighted by atomic mass is 9.67. The van der Waals surface area contributed by atoms with Crippen LogP contribution in [0.5, 0.6) is 0 Å².